The highest BCUT2D eigenvalue weighted by Crippen LogP contribution is 2.19. The number of unbranched alkanes of at least 4 members (excludes halogenated alkanes) is 1. The van der Waals surface area contributed by atoms with E-state index >= 15 is 0 Å². The maximum absolute atomic E-state index is 11.4. The van der Waals surface area contributed by atoms with Gasteiger partial charge in [-0.3, -0.25) is 14.9 Å². The number of non-ortho nitro benzene ring substituents is 1. The molecule has 1 aromatic carbocycles. The minimum Gasteiger partial charge on any atom is -0.461 e. The fourth-order valence-corrected chi connectivity index (χ4v) is 1.54. The molecule has 1 rings (SSSR count). The Hall–Kier alpha value is -2.15. The molecule has 0 heterocycles. The van der Waals surface area contributed by atoms with Gasteiger partial charge < -0.3 is 16.2 Å². The lowest BCUT2D eigenvalue weighted by molar-refractivity contribution is -0.384. The minimum atomic E-state index is -0.539. The maximum Gasteiger partial charge on any atom is 0.306 e. The van der Waals surface area contributed by atoms with Crippen LogP contribution in [0.5, 0.6) is 0 Å². The number of carbonyl (C=O) groups excluding carboxylic acids is 1. The van der Waals surface area contributed by atoms with Crippen LogP contribution in [0.1, 0.15) is 24.8 Å². The number of anilines is 1. The number of hydrogen-bond acceptors (Lipinski definition) is 6. The summed E-state index contributed by atoms with van der Waals surface area (Å²) in [6, 6.07) is 4.14. The molecule has 0 radical (unpaired) electrons. The SMILES string of the molecule is NCCCCC(=O)OCc1cc(N)cc([N+](=O)[O-])c1. The van der Waals surface area contributed by atoms with Crippen molar-refractivity contribution in [3.8, 4) is 0 Å². The number of nitrogen functional groups attached to an aromatic ring is 1. The first-order chi connectivity index (χ1) is 9.02. The highest BCUT2D eigenvalue weighted by Gasteiger charge is 2.10. The third-order valence-corrected chi connectivity index (χ3v) is 2.45. The standard InChI is InChI=1S/C12H17N3O4/c13-4-2-1-3-12(16)19-8-9-5-10(14)7-11(6-9)15(17)18/h5-7H,1-4,8,13-14H2. The first-order valence-corrected chi connectivity index (χ1v) is 5.92. The van der Waals surface area contributed by atoms with Crippen LogP contribution in [0, 0.1) is 10.1 Å². The lowest BCUT2D eigenvalue weighted by Crippen LogP contribution is -2.06. The number of rotatable bonds is 7. The summed E-state index contributed by atoms with van der Waals surface area (Å²) in [5, 5.41) is 10.6. The zero-order chi connectivity index (χ0) is 14.3. The van der Waals surface area contributed by atoms with Gasteiger partial charge in [-0.05, 0) is 31.0 Å². The van der Waals surface area contributed by atoms with Crippen molar-refractivity contribution in [2.24, 2.45) is 5.73 Å². The number of benzene rings is 1. The predicted molar refractivity (Wildman–Crippen MR) is 70.2 cm³/mol. The van der Waals surface area contributed by atoms with Crippen LogP contribution in [0.4, 0.5) is 11.4 Å². The number of esters is 1. The van der Waals surface area contributed by atoms with Crippen molar-refractivity contribution in [2.45, 2.75) is 25.9 Å². The zero-order valence-corrected chi connectivity index (χ0v) is 10.5. The van der Waals surface area contributed by atoms with Crippen LogP contribution < -0.4 is 11.5 Å². The number of ether oxygens (including phenoxy) is 1. The first-order valence-electron chi connectivity index (χ1n) is 5.92. The van der Waals surface area contributed by atoms with E-state index in [1.807, 2.05) is 0 Å². The van der Waals surface area contributed by atoms with Gasteiger partial charge in [0.15, 0.2) is 0 Å². The molecule has 0 saturated heterocycles. The highest BCUT2D eigenvalue weighted by molar-refractivity contribution is 5.69. The Morgan fingerprint density at radius 3 is 2.68 bits per heavy atom. The Kier molecular flexibility index (Phi) is 5.74. The second-order valence-electron chi connectivity index (χ2n) is 4.10. The van der Waals surface area contributed by atoms with Crippen molar-refractivity contribution in [1.82, 2.24) is 0 Å². The van der Waals surface area contributed by atoms with E-state index in [9.17, 15) is 14.9 Å². The van der Waals surface area contributed by atoms with Crippen molar-refractivity contribution in [3.63, 3.8) is 0 Å². The van der Waals surface area contributed by atoms with Gasteiger partial charge in [-0.15, -0.1) is 0 Å². The van der Waals surface area contributed by atoms with Gasteiger partial charge in [0.05, 0.1) is 4.92 Å². The average Bonchev–Trinajstić information content (AvgIpc) is 2.36. The number of nitrogens with two attached hydrogens (primary N) is 2. The van der Waals surface area contributed by atoms with Crippen molar-refractivity contribution in [3.05, 3.63) is 33.9 Å². The van der Waals surface area contributed by atoms with E-state index < -0.39 is 4.92 Å². The Labute approximate surface area is 110 Å². The fraction of sp³-hybridized carbons (Fsp3) is 0.417. The molecule has 0 aliphatic heterocycles. The molecule has 0 atom stereocenters. The Bertz CT molecular complexity index is 462. The Morgan fingerprint density at radius 2 is 2.05 bits per heavy atom. The summed E-state index contributed by atoms with van der Waals surface area (Å²) < 4.78 is 5.01. The van der Waals surface area contributed by atoms with Crippen molar-refractivity contribution in [1.29, 1.82) is 0 Å². The van der Waals surface area contributed by atoms with Gasteiger partial charge in [-0.1, -0.05) is 0 Å². The molecule has 0 bridgehead atoms. The molecule has 0 aliphatic rings. The molecule has 0 aromatic heterocycles. The zero-order valence-electron chi connectivity index (χ0n) is 10.5. The van der Waals surface area contributed by atoms with E-state index in [0.29, 0.717) is 24.9 Å². The van der Waals surface area contributed by atoms with E-state index in [-0.39, 0.29) is 24.0 Å². The maximum atomic E-state index is 11.4. The first kappa shape index (κ1) is 14.9. The molecule has 1 aromatic rings. The van der Waals surface area contributed by atoms with Gasteiger partial charge in [0.25, 0.3) is 5.69 Å². The molecule has 0 saturated carbocycles. The fourth-order valence-electron chi connectivity index (χ4n) is 1.54. The van der Waals surface area contributed by atoms with E-state index in [1.165, 1.54) is 12.1 Å². The highest BCUT2D eigenvalue weighted by atomic mass is 16.6. The summed E-state index contributed by atoms with van der Waals surface area (Å²) in [5.41, 5.74) is 11.5. The molecule has 104 valence electrons. The molecular formula is C12H17N3O4. The van der Waals surface area contributed by atoms with Gasteiger partial charge >= 0.3 is 5.97 Å². The van der Waals surface area contributed by atoms with Gasteiger partial charge in [0.1, 0.15) is 6.61 Å². The largest absolute Gasteiger partial charge is 0.461 e. The number of nitro benzene ring substituents is 1. The third kappa shape index (κ3) is 5.35. The summed E-state index contributed by atoms with van der Waals surface area (Å²) in [5.74, 6) is -0.349. The van der Waals surface area contributed by atoms with Crippen LogP contribution in [0.3, 0.4) is 0 Å². The number of hydrogen-bond donors (Lipinski definition) is 2. The molecule has 0 fully saturated rings. The third-order valence-electron chi connectivity index (χ3n) is 2.45. The topological polar surface area (TPSA) is 121 Å². The Morgan fingerprint density at radius 1 is 1.32 bits per heavy atom. The quantitative estimate of drug-likeness (QED) is 0.253. The summed E-state index contributed by atoms with van der Waals surface area (Å²) >= 11 is 0. The summed E-state index contributed by atoms with van der Waals surface area (Å²) in [6.07, 6.45) is 1.73. The Balaban J connectivity index is 2.53. The molecular weight excluding hydrogens is 250 g/mol. The summed E-state index contributed by atoms with van der Waals surface area (Å²) in [6.45, 7) is 0.516. The number of nitrogens with zero attached hydrogens (tertiary/aromatic N) is 1. The van der Waals surface area contributed by atoms with Gasteiger partial charge in [-0.25, -0.2) is 0 Å². The molecule has 0 spiro atoms. The smallest absolute Gasteiger partial charge is 0.306 e. The second-order valence-corrected chi connectivity index (χ2v) is 4.10. The van der Waals surface area contributed by atoms with Gasteiger partial charge in [-0.2, -0.15) is 0 Å². The van der Waals surface area contributed by atoms with E-state index in [0.717, 1.165) is 6.42 Å². The lowest BCUT2D eigenvalue weighted by atomic mass is 10.2. The molecule has 4 N–H and O–H groups in total. The number of nitro groups is 1. The van der Waals surface area contributed by atoms with Crippen LogP contribution in [0.2, 0.25) is 0 Å². The van der Waals surface area contributed by atoms with Crippen LogP contribution in [-0.4, -0.2) is 17.4 Å². The lowest BCUT2D eigenvalue weighted by Gasteiger charge is -2.05. The monoisotopic (exact) mass is 267 g/mol. The molecule has 7 heteroatoms. The van der Waals surface area contributed by atoms with Crippen molar-refractivity contribution >= 4 is 17.3 Å². The molecule has 0 amide bonds. The molecule has 0 aliphatic carbocycles. The average molecular weight is 267 g/mol. The van der Waals surface area contributed by atoms with Crippen LogP contribution in [0.15, 0.2) is 18.2 Å². The second kappa shape index (κ2) is 7.32. The molecule has 7 nitrogen and oxygen atoms in total. The number of carbonyl (C=O) groups is 1. The van der Waals surface area contributed by atoms with Crippen LogP contribution in [-0.2, 0) is 16.1 Å². The van der Waals surface area contributed by atoms with Crippen molar-refractivity contribution < 1.29 is 14.5 Å². The molecule has 19 heavy (non-hydrogen) atoms. The van der Waals surface area contributed by atoms with Crippen molar-refractivity contribution in [2.75, 3.05) is 12.3 Å². The van der Waals surface area contributed by atoms with Crippen LogP contribution >= 0.6 is 0 Å². The van der Waals surface area contributed by atoms with Gasteiger partial charge in [0.2, 0.25) is 0 Å². The summed E-state index contributed by atoms with van der Waals surface area (Å²) in [7, 11) is 0. The predicted octanol–water partition coefficient (Wildman–Crippen LogP) is 1.35. The molecule has 0 unspecified atom stereocenters. The van der Waals surface area contributed by atoms with E-state index in [2.05, 4.69) is 0 Å². The normalized spacial score (nSPS) is 10.2. The van der Waals surface area contributed by atoms with Crippen LogP contribution in [0.25, 0.3) is 0 Å². The van der Waals surface area contributed by atoms with Gasteiger partial charge in [0, 0.05) is 24.2 Å². The summed E-state index contributed by atoms with van der Waals surface area (Å²) in [4.78, 5) is 21.5. The minimum absolute atomic E-state index is 0.0205. The van der Waals surface area contributed by atoms with E-state index in [1.54, 1.807) is 6.07 Å². The van der Waals surface area contributed by atoms with E-state index in [4.69, 9.17) is 16.2 Å².